The van der Waals surface area contributed by atoms with E-state index < -0.39 is 18.3 Å². The van der Waals surface area contributed by atoms with E-state index in [1.54, 1.807) is 11.0 Å². The molecule has 0 radical (unpaired) electrons. The van der Waals surface area contributed by atoms with E-state index >= 15 is 0 Å². The molecule has 2 aliphatic rings. The van der Waals surface area contributed by atoms with Crippen molar-refractivity contribution in [2.75, 3.05) is 13.1 Å². The molecule has 0 unspecified atom stereocenters. The number of hydrogen-bond acceptors (Lipinski definition) is 4. The third kappa shape index (κ3) is 3.13. The third-order valence-electron chi connectivity index (χ3n) is 5.27. The van der Waals surface area contributed by atoms with E-state index in [4.69, 9.17) is 9.31 Å². The lowest BCUT2D eigenvalue weighted by Gasteiger charge is -2.32. The largest absolute Gasteiger partial charge is 0.494 e. The summed E-state index contributed by atoms with van der Waals surface area (Å²) in [6.07, 6.45) is 0.894. The molecule has 1 aromatic rings. The molecule has 0 saturated carbocycles. The van der Waals surface area contributed by atoms with Crippen LogP contribution in [0.15, 0.2) is 24.3 Å². The van der Waals surface area contributed by atoms with Gasteiger partial charge >= 0.3 is 7.12 Å². The number of nitrogens with zero attached hydrogens (tertiary/aromatic N) is 1. The van der Waals surface area contributed by atoms with Crippen molar-refractivity contribution in [3.8, 4) is 0 Å². The summed E-state index contributed by atoms with van der Waals surface area (Å²) in [6, 6.07) is 7.40. The zero-order chi connectivity index (χ0) is 17.5. The van der Waals surface area contributed by atoms with E-state index in [9.17, 15) is 9.59 Å². The molecule has 6 heteroatoms. The fraction of sp³-hybridized carbons (Fsp3) is 0.556. The highest BCUT2D eigenvalue weighted by atomic mass is 16.7. The first kappa shape index (κ1) is 17.2. The Morgan fingerprint density at radius 1 is 1.08 bits per heavy atom. The fourth-order valence-electron chi connectivity index (χ4n) is 2.94. The van der Waals surface area contributed by atoms with Gasteiger partial charge in [-0.3, -0.25) is 9.59 Å². The molecule has 2 fully saturated rings. The van der Waals surface area contributed by atoms with Gasteiger partial charge in [-0.2, -0.15) is 0 Å². The topological polar surface area (TPSA) is 55.8 Å². The van der Waals surface area contributed by atoms with Crippen molar-refractivity contribution in [3.05, 3.63) is 29.8 Å². The van der Waals surface area contributed by atoms with Gasteiger partial charge in [0.05, 0.1) is 11.2 Å². The van der Waals surface area contributed by atoms with Gasteiger partial charge in [0.1, 0.15) is 5.78 Å². The molecule has 24 heavy (non-hydrogen) atoms. The van der Waals surface area contributed by atoms with Gasteiger partial charge in [0, 0.05) is 31.5 Å². The van der Waals surface area contributed by atoms with Gasteiger partial charge < -0.3 is 14.2 Å². The number of likely N-dealkylation sites (tertiary alicyclic amines) is 1. The van der Waals surface area contributed by atoms with Crippen molar-refractivity contribution in [1.82, 2.24) is 4.90 Å². The summed E-state index contributed by atoms with van der Waals surface area (Å²) >= 11 is 0. The summed E-state index contributed by atoms with van der Waals surface area (Å²) in [7, 11) is -0.481. The summed E-state index contributed by atoms with van der Waals surface area (Å²) in [5.41, 5.74) is 0.625. The predicted molar refractivity (Wildman–Crippen MR) is 92.3 cm³/mol. The van der Waals surface area contributed by atoms with Crippen LogP contribution in [0.5, 0.6) is 0 Å². The first-order valence-electron chi connectivity index (χ1n) is 8.46. The average molecular weight is 329 g/mol. The molecule has 0 aliphatic carbocycles. The minimum atomic E-state index is -0.481. The normalized spacial score (nSPS) is 22.8. The Labute approximate surface area is 143 Å². The second-order valence-electron chi connectivity index (χ2n) is 7.54. The molecule has 0 N–H and O–H groups in total. The van der Waals surface area contributed by atoms with Crippen molar-refractivity contribution >= 4 is 24.3 Å². The van der Waals surface area contributed by atoms with Gasteiger partial charge in [-0.05, 0) is 45.3 Å². The average Bonchev–Trinajstić information content (AvgIpc) is 2.76. The number of rotatable bonds is 2. The van der Waals surface area contributed by atoms with E-state index in [2.05, 4.69) is 0 Å². The Hall–Kier alpha value is -1.66. The lowest BCUT2D eigenvalue weighted by Crippen LogP contribution is -2.41. The second-order valence-corrected chi connectivity index (χ2v) is 7.54. The number of piperidine rings is 1. The maximum atomic E-state index is 12.7. The first-order valence-corrected chi connectivity index (χ1v) is 8.46. The van der Waals surface area contributed by atoms with Crippen molar-refractivity contribution in [3.63, 3.8) is 0 Å². The minimum absolute atomic E-state index is 0.0409. The van der Waals surface area contributed by atoms with Gasteiger partial charge in [0.2, 0.25) is 0 Å². The number of ketones is 1. The molecule has 3 rings (SSSR count). The third-order valence-corrected chi connectivity index (χ3v) is 5.27. The molecule has 0 aromatic heterocycles. The number of Topliss-reactive ketones (excluding diaryl/α,β-unsaturated/α-hetero) is 1. The summed E-state index contributed by atoms with van der Waals surface area (Å²) in [5, 5.41) is 0. The summed E-state index contributed by atoms with van der Waals surface area (Å²) in [6.45, 7) is 9.02. The van der Waals surface area contributed by atoms with Gasteiger partial charge in [-0.15, -0.1) is 0 Å². The summed E-state index contributed by atoms with van der Waals surface area (Å²) < 4.78 is 12.1. The Morgan fingerprint density at radius 2 is 1.67 bits per heavy atom. The minimum Gasteiger partial charge on any atom is -0.399 e. The van der Waals surface area contributed by atoms with E-state index in [1.165, 1.54) is 0 Å². The van der Waals surface area contributed by atoms with Crippen LogP contribution in [-0.2, 0) is 14.1 Å². The fourth-order valence-corrected chi connectivity index (χ4v) is 2.94. The molecular weight excluding hydrogens is 305 g/mol. The van der Waals surface area contributed by atoms with Crippen LogP contribution in [0.3, 0.4) is 0 Å². The summed E-state index contributed by atoms with van der Waals surface area (Å²) in [4.78, 5) is 25.7. The molecule has 0 bridgehead atoms. The monoisotopic (exact) mass is 329 g/mol. The molecule has 5 nitrogen and oxygen atoms in total. The molecular formula is C18H24BNO4. The highest BCUT2D eigenvalue weighted by Crippen LogP contribution is 2.36. The number of amides is 1. The number of carbonyl (C=O) groups is 2. The maximum absolute atomic E-state index is 12.7. The molecule has 2 heterocycles. The molecule has 2 aliphatic heterocycles. The SMILES string of the molecule is CC1(C)OB(c2cccc(C(=O)N3CCC(=O)CC3)c2)OC1(C)C. The van der Waals surface area contributed by atoms with E-state index in [0.717, 1.165) is 5.46 Å². The quantitative estimate of drug-likeness (QED) is 0.777. The van der Waals surface area contributed by atoms with Crippen molar-refractivity contribution in [2.45, 2.75) is 51.7 Å². The van der Waals surface area contributed by atoms with Crippen LogP contribution in [0.4, 0.5) is 0 Å². The smallest absolute Gasteiger partial charge is 0.399 e. The van der Waals surface area contributed by atoms with Gasteiger partial charge in [-0.25, -0.2) is 0 Å². The van der Waals surface area contributed by atoms with Gasteiger partial charge in [0.25, 0.3) is 5.91 Å². The van der Waals surface area contributed by atoms with E-state index in [-0.39, 0.29) is 11.7 Å². The highest BCUT2D eigenvalue weighted by Gasteiger charge is 2.51. The van der Waals surface area contributed by atoms with Crippen LogP contribution in [0.2, 0.25) is 0 Å². The lowest BCUT2D eigenvalue weighted by molar-refractivity contribution is -0.120. The van der Waals surface area contributed by atoms with Crippen molar-refractivity contribution in [2.24, 2.45) is 0 Å². The van der Waals surface area contributed by atoms with E-state index in [1.807, 2.05) is 45.9 Å². The summed E-state index contributed by atoms with van der Waals surface area (Å²) in [5.74, 6) is 0.186. The maximum Gasteiger partial charge on any atom is 0.494 e. The zero-order valence-corrected chi connectivity index (χ0v) is 14.8. The van der Waals surface area contributed by atoms with Crippen LogP contribution in [0, 0.1) is 0 Å². The van der Waals surface area contributed by atoms with E-state index in [0.29, 0.717) is 31.5 Å². The highest BCUT2D eigenvalue weighted by molar-refractivity contribution is 6.62. The molecule has 1 amide bonds. The Bertz CT molecular complexity index is 645. The Kier molecular flexibility index (Phi) is 4.30. The number of benzene rings is 1. The first-order chi connectivity index (χ1) is 11.2. The lowest BCUT2D eigenvalue weighted by atomic mass is 9.78. The van der Waals surface area contributed by atoms with Crippen LogP contribution >= 0.6 is 0 Å². The van der Waals surface area contributed by atoms with Crippen LogP contribution in [0.1, 0.15) is 50.9 Å². The Balaban J connectivity index is 1.78. The molecule has 128 valence electrons. The van der Waals surface area contributed by atoms with Gasteiger partial charge in [0.15, 0.2) is 0 Å². The van der Waals surface area contributed by atoms with Crippen molar-refractivity contribution < 1.29 is 18.9 Å². The Morgan fingerprint density at radius 3 is 2.25 bits per heavy atom. The standard InChI is InChI=1S/C18H24BNO4/c1-17(2)18(3,4)24-19(23-17)14-7-5-6-13(12-14)16(22)20-10-8-15(21)9-11-20/h5-7,12H,8-11H2,1-4H3. The molecule has 0 atom stereocenters. The van der Waals surface area contributed by atoms with Crippen LogP contribution in [0.25, 0.3) is 0 Å². The van der Waals surface area contributed by atoms with Crippen LogP contribution in [-0.4, -0.2) is 48.0 Å². The number of carbonyl (C=O) groups excluding carboxylic acids is 2. The molecule has 1 aromatic carbocycles. The number of hydrogen-bond donors (Lipinski definition) is 0. The van der Waals surface area contributed by atoms with Crippen molar-refractivity contribution in [1.29, 1.82) is 0 Å². The molecule has 2 saturated heterocycles. The van der Waals surface area contributed by atoms with Crippen LogP contribution < -0.4 is 5.46 Å². The predicted octanol–water partition coefficient (Wildman–Crippen LogP) is 1.79. The zero-order valence-electron chi connectivity index (χ0n) is 14.8. The van der Waals surface area contributed by atoms with Gasteiger partial charge in [-0.1, -0.05) is 12.1 Å². The second kappa shape index (κ2) is 6.01. The molecule has 0 spiro atoms.